The fraction of sp³-hybridized carbons (Fsp3) is 0.500. The summed E-state index contributed by atoms with van der Waals surface area (Å²) in [5.74, 6) is 0.851. The third-order valence-electron chi connectivity index (χ3n) is 2.41. The Morgan fingerprint density at radius 2 is 1.88 bits per heavy atom. The molecule has 0 spiro atoms. The van der Waals surface area contributed by atoms with Crippen molar-refractivity contribution in [2.75, 3.05) is 12.3 Å². The Morgan fingerprint density at radius 3 is 2.41 bits per heavy atom. The predicted molar refractivity (Wildman–Crippen MR) is 68.6 cm³/mol. The van der Waals surface area contributed by atoms with E-state index in [9.17, 15) is 8.42 Å². The van der Waals surface area contributed by atoms with Crippen molar-refractivity contribution in [3.8, 4) is 5.75 Å². The van der Waals surface area contributed by atoms with Gasteiger partial charge in [-0.1, -0.05) is 25.1 Å². The van der Waals surface area contributed by atoms with Gasteiger partial charge >= 0.3 is 0 Å². The number of hydrogen-bond acceptors (Lipinski definition) is 3. The SMILES string of the molecule is CC[C@@H](CNS(=O)(=O)CC)Oc1ccccc1. The van der Waals surface area contributed by atoms with Gasteiger partial charge in [0.25, 0.3) is 0 Å². The zero-order valence-electron chi connectivity index (χ0n) is 10.2. The maximum absolute atomic E-state index is 11.3. The summed E-state index contributed by atoms with van der Waals surface area (Å²) in [7, 11) is -3.15. The van der Waals surface area contributed by atoms with E-state index in [2.05, 4.69) is 4.72 Å². The van der Waals surface area contributed by atoms with Gasteiger partial charge in [0, 0.05) is 6.54 Å². The lowest BCUT2D eigenvalue weighted by atomic mass is 10.2. The summed E-state index contributed by atoms with van der Waals surface area (Å²) in [6.45, 7) is 3.89. The van der Waals surface area contributed by atoms with Crippen LogP contribution in [-0.2, 0) is 10.0 Å². The molecular weight excluding hydrogens is 238 g/mol. The van der Waals surface area contributed by atoms with E-state index in [4.69, 9.17) is 4.74 Å². The summed E-state index contributed by atoms with van der Waals surface area (Å²) in [5, 5.41) is 0. The molecule has 0 heterocycles. The first kappa shape index (κ1) is 14.0. The zero-order chi connectivity index (χ0) is 12.7. The molecule has 0 unspecified atom stereocenters. The molecule has 96 valence electrons. The smallest absolute Gasteiger partial charge is 0.211 e. The lowest BCUT2D eigenvalue weighted by molar-refractivity contribution is 0.200. The van der Waals surface area contributed by atoms with E-state index in [0.717, 1.165) is 12.2 Å². The maximum atomic E-state index is 11.3. The van der Waals surface area contributed by atoms with Crippen LogP contribution in [0, 0.1) is 0 Å². The number of rotatable bonds is 7. The molecule has 5 heteroatoms. The third-order valence-corrected chi connectivity index (χ3v) is 3.78. The summed E-state index contributed by atoms with van der Waals surface area (Å²) in [6, 6.07) is 9.40. The number of ether oxygens (including phenoxy) is 1. The highest BCUT2D eigenvalue weighted by molar-refractivity contribution is 7.89. The van der Waals surface area contributed by atoms with Gasteiger partial charge in [0.05, 0.1) is 5.75 Å². The molecule has 0 aliphatic heterocycles. The van der Waals surface area contributed by atoms with Gasteiger partial charge in [-0.15, -0.1) is 0 Å². The van der Waals surface area contributed by atoms with Gasteiger partial charge in [0.15, 0.2) is 0 Å². The molecule has 0 saturated carbocycles. The zero-order valence-corrected chi connectivity index (χ0v) is 11.0. The predicted octanol–water partition coefficient (Wildman–Crippen LogP) is 1.78. The molecule has 0 aromatic heterocycles. The Bertz CT molecular complexity index is 417. The quantitative estimate of drug-likeness (QED) is 0.810. The lowest BCUT2D eigenvalue weighted by Gasteiger charge is -2.17. The molecule has 1 atom stereocenters. The van der Waals surface area contributed by atoms with Gasteiger partial charge in [-0.05, 0) is 25.5 Å². The minimum absolute atomic E-state index is 0.0920. The Morgan fingerprint density at radius 1 is 1.24 bits per heavy atom. The van der Waals surface area contributed by atoms with E-state index >= 15 is 0 Å². The van der Waals surface area contributed by atoms with Crippen LogP contribution in [0.2, 0.25) is 0 Å². The van der Waals surface area contributed by atoms with Crippen LogP contribution >= 0.6 is 0 Å². The average Bonchev–Trinajstić information content (AvgIpc) is 2.35. The Hall–Kier alpha value is -1.07. The van der Waals surface area contributed by atoms with Crippen molar-refractivity contribution in [2.45, 2.75) is 26.4 Å². The molecule has 0 saturated heterocycles. The van der Waals surface area contributed by atoms with Gasteiger partial charge in [0.1, 0.15) is 11.9 Å². The van der Waals surface area contributed by atoms with E-state index in [1.54, 1.807) is 6.92 Å². The van der Waals surface area contributed by atoms with Gasteiger partial charge in [-0.25, -0.2) is 13.1 Å². The fourth-order valence-electron chi connectivity index (χ4n) is 1.28. The first-order valence-electron chi connectivity index (χ1n) is 5.76. The number of nitrogens with one attached hydrogen (secondary N) is 1. The Labute approximate surface area is 103 Å². The molecule has 0 aliphatic carbocycles. The van der Waals surface area contributed by atoms with Crippen molar-refractivity contribution in [3.63, 3.8) is 0 Å². The summed E-state index contributed by atoms with van der Waals surface area (Å²) < 4.78 is 30.8. The van der Waals surface area contributed by atoms with Crippen LogP contribution in [0.1, 0.15) is 20.3 Å². The van der Waals surface area contributed by atoms with E-state index in [0.29, 0.717) is 6.54 Å². The summed E-state index contributed by atoms with van der Waals surface area (Å²) in [4.78, 5) is 0. The molecule has 0 aliphatic rings. The largest absolute Gasteiger partial charge is 0.489 e. The van der Waals surface area contributed by atoms with Crippen molar-refractivity contribution >= 4 is 10.0 Å². The van der Waals surface area contributed by atoms with Crippen molar-refractivity contribution < 1.29 is 13.2 Å². The van der Waals surface area contributed by atoms with Gasteiger partial charge in [-0.2, -0.15) is 0 Å². The molecule has 4 nitrogen and oxygen atoms in total. The molecule has 0 radical (unpaired) electrons. The second kappa shape index (κ2) is 6.61. The number of sulfonamides is 1. The molecule has 17 heavy (non-hydrogen) atoms. The highest BCUT2D eigenvalue weighted by Crippen LogP contribution is 2.12. The van der Waals surface area contributed by atoms with Crippen molar-refractivity contribution in [1.82, 2.24) is 4.72 Å². The van der Waals surface area contributed by atoms with Crippen LogP contribution in [0.5, 0.6) is 5.75 Å². The van der Waals surface area contributed by atoms with E-state index in [1.165, 1.54) is 0 Å². The van der Waals surface area contributed by atoms with Gasteiger partial charge in [0.2, 0.25) is 10.0 Å². The molecule has 1 N–H and O–H groups in total. The van der Waals surface area contributed by atoms with Gasteiger partial charge < -0.3 is 4.74 Å². The number of benzene rings is 1. The second-order valence-electron chi connectivity index (χ2n) is 3.71. The standard InChI is InChI=1S/C12H19NO3S/c1-3-11(10-13-17(14,15)4-2)16-12-8-6-5-7-9-12/h5-9,11,13H,3-4,10H2,1-2H3/t11-/m0/s1. The van der Waals surface area contributed by atoms with Crippen LogP contribution < -0.4 is 9.46 Å². The molecule has 0 bridgehead atoms. The van der Waals surface area contributed by atoms with E-state index in [1.807, 2.05) is 37.3 Å². The topological polar surface area (TPSA) is 55.4 Å². The summed E-state index contributed by atoms with van der Waals surface area (Å²) in [5.41, 5.74) is 0. The van der Waals surface area contributed by atoms with E-state index < -0.39 is 10.0 Å². The number of hydrogen-bond donors (Lipinski definition) is 1. The minimum Gasteiger partial charge on any atom is -0.489 e. The van der Waals surface area contributed by atoms with E-state index in [-0.39, 0.29) is 11.9 Å². The second-order valence-corrected chi connectivity index (χ2v) is 5.81. The van der Waals surface area contributed by atoms with Crippen LogP contribution in [0.25, 0.3) is 0 Å². The first-order chi connectivity index (χ1) is 8.07. The Balaban J connectivity index is 2.50. The fourth-order valence-corrected chi connectivity index (χ4v) is 1.93. The Kier molecular flexibility index (Phi) is 5.44. The van der Waals surface area contributed by atoms with Crippen molar-refractivity contribution in [3.05, 3.63) is 30.3 Å². The van der Waals surface area contributed by atoms with Crippen LogP contribution in [-0.4, -0.2) is 26.8 Å². The van der Waals surface area contributed by atoms with Crippen LogP contribution in [0.4, 0.5) is 0 Å². The molecule has 1 aromatic carbocycles. The highest BCUT2D eigenvalue weighted by atomic mass is 32.2. The summed E-state index contributed by atoms with van der Waals surface area (Å²) >= 11 is 0. The lowest BCUT2D eigenvalue weighted by Crippen LogP contribution is -2.35. The first-order valence-corrected chi connectivity index (χ1v) is 7.41. The summed E-state index contributed by atoms with van der Waals surface area (Å²) in [6.07, 6.45) is 0.611. The van der Waals surface area contributed by atoms with Crippen molar-refractivity contribution in [1.29, 1.82) is 0 Å². The van der Waals surface area contributed by atoms with Gasteiger partial charge in [-0.3, -0.25) is 0 Å². The molecule has 0 amide bonds. The molecule has 1 aromatic rings. The normalized spacial score (nSPS) is 13.3. The minimum atomic E-state index is -3.15. The molecular formula is C12H19NO3S. The molecule has 1 rings (SSSR count). The number of para-hydroxylation sites is 1. The highest BCUT2D eigenvalue weighted by Gasteiger charge is 2.12. The maximum Gasteiger partial charge on any atom is 0.211 e. The van der Waals surface area contributed by atoms with Crippen LogP contribution in [0.3, 0.4) is 0 Å². The average molecular weight is 257 g/mol. The third kappa shape index (κ3) is 5.19. The molecule has 0 fully saturated rings. The van der Waals surface area contributed by atoms with Crippen LogP contribution in [0.15, 0.2) is 30.3 Å². The monoisotopic (exact) mass is 257 g/mol. The van der Waals surface area contributed by atoms with Crippen molar-refractivity contribution in [2.24, 2.45) is 0 Å².